The third kappa shape index (κ3) is 9.10. The molecule has 3 N–H and O–H groups in total. The number of thiazole rings is 1. The molecule has 238 valence electrons. The number of nitrogens with zero attached hydrogens (tertiary/aromatic N) is 1. The third-order valence-electron chi connectivity index (χ3n) is 6.87. The van der Waals surface area contributed by atoms with E-state index < -0.39 is 17.1 Å². The first-order valence-corrected chi connectivity index (χ1v) is 16.8. The lowest BCUT2D eigenvalue weighted by atomic mass is 10.1. The van der Waals surface area contributed by atoms with Crippen molar-refractivity contribution in [3.8, 4) is 17.0 Å². The molecule has 47 heavy (non-hydrogen) atoms. The normalized spacial score (nSPS) is 11.8. The van der Waals surface area contributed by atoms with Crippen LogP contribution in [0.1, 0.15) is 29.3 Å². The Morgan fingerprint density at radius 3 is 2.47 bits per heavy atom. The average Bonchev–Trinajstić information content (AvgIpc) is 3.56. The zero-order valence-corrected chi connectivity index (χ0v) is 27.9. The average molecular weight is 683 g/mol. The Balaban J connectivity index is 1.27. The Labute approximate surface area is 286 Å². The van der Waals surface area contributed by atoms with E-state index in [1.165, 1.54) is 29.2 Å². The molecule has 5 aromatic rings. The summed E-state index contributed by atoms with van der Waals surface area (Å²) in [4.78, 5) is 45.1. The van der Waals surface area contributed by atoms with Crippen LogP contribution in [-0.4, -0.2) is 35.1 Å². The van der Waals surface area contributed by atoms with Crippen molar-refractivity contribution in [1.29, 1.82) is 0 Å². The molecule has 11 heteroatoms. The topological polar surface area (TPSA) is 109 Å². The van der Waals surface area contributed by atoms with Crippen molar-refractivity contribution in [1.82, 2.24) is 10.3 Å². The van der Waals surface area contributed by atoms with Gasteiger partial charge >= 0.3 is 0 Å². The van der Waals surface area contributed by atoms with Crippen molar-refractivity contribution in [3.05, 3.63) is 130 Å². The summed E-state index contributed by atoms with van der Waals surface area (Å²) in [5.41, 5.74) is 3.14. The maximum absolute atomic E-state index is 13.5. The van der Waals surface area contributed by atoms with Gasteiger partial charge in [0.15, 0.2) is 5.13 Å². The second-order valence-electron chi connectivity index (χ2n) is 10.2. The Hall–Kier alpha value is -4.90. The molecular formula is C36H31ClN4O4S2. The van der Waals surface area contributed by atoms with Crippen molar-refractivity contribution in [3.63, 3.8) is 0 Å². The van der Waals surface area contributed by atoms with E-state index in [0.717, 1.165) is 21.9 Å². The molecule has 5 rings (SSSR count). The molecule has 0 bridgehead atoms. The number of amides is 3. The van der Waals surface area contributed by atoms with Crippen LogP contribution in [0.25, 0.3) is 17.3 Å². The van der Waals surface area contributed by atoms with Crippen LogP contribution >= 0.6 is 34.7 Å². The van der Waals surface area contributed by atoms with E-state index in [9.17, 15) is 14.4 Å². The molecule has 0 aliphatic carbocycles. The number of methoxy groups -OCH3 is 1. The van der Waals surface area contributed by atoms with Gasteiger partial charge in [0, 0.05) is 32.1 Å². The number of aromatic nitrogens is 1. The number of ether oxygens (including phenoxy) is 1. The second kappa shape index (κ2) is 16.1. The van der Waals surface area contributed by atoms with E-state index in [1.54, 1.807) is 79.9 Å². The summed E-state index contributed by atoms with van der Waals surface area (Å²) in [7, 11) is 1.61. The molecule has 0 spiro atoms. The first-order valence-electron chi connectivity index (χ1n) is 14.6. The van der Waals surface area contributed by atoms with Gasteiger partial charge in [0.1, 0.15) is 11.4 Å². The highest BCUT2D eigenvalue weighted by Crippen LogP contribution is 2.31. The first-order chi connectivity index (χ1) is 22.8. The summed E-state index contributed by atoms with van der Waals surface area (Å²) in [5, 5.41) is 10.9. The molecule has 0 saturated heterocycles. The van der Waals surface area contributed by atoms with Crippen LogP contribution in [0.15, 0.2) is 119 Å². The van der Waals surface area contributed by atoms with Crippen LogP contribution in [0.4, 0.5) is 10.8 Å². The van der Waals surface area contributed by atoms with Crippen LogP contribution in [0.3, 0.4) is 0 Å². The molecule has 1 heterocycles. The predicted octanol–water partition coefficient (Wildman–Crippen LogP) is 8.39. The lowest BCUT2D eigenvalue weighted by Crippen LogP contribution is -2.30. The van der Waals surface area contributed by atoms with Crippen LogP contribution in [0, 0.1) is 0 Å². The highest BCUT2D eigenvalue weighted by Gasteiger charge is 2.21. The fraction of sp³-hybridized carbons (Fsp3) is 0.111. The van der Waals surface area contributed by atoms with Crippen molar-refractivity contribution in [2.75, 3.05) is 17.7 Å². The fourth-order valence-electron chi connectivity index (χ4n) is 4.45. The highest BCUT2D eigenvalue weighted by atomic mass is 35.5. The number of nitrogens with one attached hydrogen (secondary N) is 3. The van der Waals surface area contributed by atoms with E-state index >= 15 is 0 Å². The van der Waals surface area contributed by atoms with Gasteiger partial charge in [-0.2, -0.15) is 0 Å². The summed E-state index contributed by atoms with van der Waals surface area (Å²) >= 11 is 9.09. The Morgan fingerprint density at radius 1 is 0.936 bits per heavy atom. The van der Waals surface area contributed by atoms with Gasteiger partial charge in [0.25, 0.3) is 11.8 Å². The number of benzene rings is 4. The quantitative estimate of drug-likeness (QED) is 0.0901. The van der Waals surface area contributed by atoms with Gasteiger partial charge in [-0.25, -0.2) is 4.98 Å². The molecule has 0 aliphatic rings. The van der Waals surface area contributed by atoms with E-state index in [0.29, 0.717) is 33.4 Å². The minimum atomic E-state index is -0.531. The maximum atomic E-state index is 13.5. The zero-order chi connectivity index (χ0) is 33.2. The lowest BCUT2D eigenvalue weighted by molar-refractivity contribution is -0.116. The molecule has 1 aromatic heterocycles. The molecule has 0 aliphatic heterocycles. The van der Waals surface area contributed by atoms with Crippen molar-refractivity contribution in [2.24, 2.45) is 0 Å². The molecule has 8 nitrogen and oxygen atoms in total. The molecule has 0 radical (unpaired) electrons. The standard InChI is InChI=1S/C36H31ClN4O4S2/c1-3-32(35(44)41-36-40-31(22-46-36)25-14-9-16-27(19-25)45-2)47-28-17-10-15-26(21-28)38-34(43)30(20-24-13-7-8-18-29(24)37)39-33(42)23-11-5-4-6-12-23/h4-22,32H,3H2,1-2H3,(H,38,43)(H,39,42)(H,40,41,44)/b30-20+. The number of hydrogen-bond donors (Lipinski definition) is 3. The smallest absolute Gasteiger partial charge is 0.272 e. The second-order valence-corrected chi connectivity index (χ2v) is 12.7. The molecule has 3 amide bonds. The first kappa shape index (κ1) is 33.5. The molecule has 0 saturated carbocycles. The predicted molar refractivity (Wildman–Crippen MR) is 191 cm³/mol. The molecule has 1 unspecified atom stereocenters. The SMILES string of the molecule is CCC(Sc1cccc(NC(=O)/C(=C\c2ccccc2Cl)NC(=O)c2ccccc2)c1)C(=O)Nc1nc(-c2cccc(OC)c2)cs1. The third-order valence-corrected chi connectivity index (χ3v) is 9.33. The maximum Gasteiger partial charge on any atom is 0.272 e. The van der Waals surface area contributed by atoms with Gasteiger partial charge in [-0.15, -0.1) is 23.1 Å². The van der Waals surface area contributed by atoms with Gasteiger partial charge in [0.2, 0.25) is 5.91 Å². The number of anilines is 2. The number of halogens is 1. The zero-order valence-electron chi connectivity index (χ0n) is 25.5. The summed E-state index contributed by atoms with van der Waals surface area (Å²) in [6.45, 7) is 1.94. The van der Waals surface area contributed by atoms with E-state index in [2.05, 4.69) is 20.9 Å². The summed E-state index contributed by atoms with van der Waals surface area (Å²) in [6.07, 6.45) is 2.10. The minimum absolute atomic E-state index is 0.0209. The van der Waals surface area contributed by atoms with Gasteiger partial charge < -0.3 is 20.7 Å². The van der Waals surface area contributed by atoms with Crippen molar-refractivity contribution >= 4 is 69.3 Å². The van der Waals surface area contributed by atoms with Gasteiger partial charge in [0.05, 0.1) is 18.1 Å². The number of thioether (sulfide) groups is 1. The van der Waals surface area contributed by atoms with Crippen LogP contribution < -0.4 is 20.7 Å². The number of rotatable bonds is 12. The molecule has 1 atom stereocenters. The Kier molecular flexibility index (Phi) is 11.5. The van der Waals surface area contributed by atoms with Gasteiger partial charge in [-0.05, 0) is 66.6 Å². The summed E-state index contributed by atoms with van der Waals surface area (Å²) < 4.78 is 5.31. The summed E-state index contributed by atoms with van der Waals surface area (Å²) in [5.74, 6) is -0.411. The van der Waals surface area contributed by atoms with E-state index in [1.807, 2.05) is 42.6 Å². The largest absolute Gasteiger partial charge is 0.497 e. The Morgan fingerprint density at radius 2 is 1.70 bits per heavy atom. The molecular weight excluding hydrogens is 652 g/mol. The lowest BCUT2D eigenvalue weighted by Gasteiger charge is -2.15. The summed E-state index contributed by atoms with van der Waals surface area (Å²) in [6, 6.07) is 30.4. The van der Waals surface area contributed by atoms with Gasteiger partial charge in [-0.1, -0.05) is 73.1 Å². The number of carbonyl (C=O) groups is 3. The van der Waals surface area contributed by atoms with E-state index in [-0.39, 0.29) is 11.6 Å². The fourth-order valence-corrected chi connectivity index (χ4v) is 6.38. The van der Waals surface area contributed by atoms with Crippen LogP contribution in [0.2, 0.25) is 5.02 Å². The Bertz CT molecular complexity index is 1910. The minimum Gasteiger partial charge on any atom is -0.497 e. The van der Waals surface area contributed by atoms with Crippen molar-refractivity contribution in [2.45, 2.75) is 23.5 Å². The van der Waals surface area contributed by atoms with E-state index in [4.69, 9.17) is 16.3 Å². The van der Waals surface area contributed by atoms with Gasteiger partial charge in [-0.3, -0.25) is 14.4 Å². The molecule has 4 aromatic carbocycles. The highest BCUT2D eigenvalue weighted by molar-refractivity contribution is 8.00. The number of hydrogen-bond acceptors (Lipinski definition) is 7. The molecule has 0 fully saturated rings. The van der Waals surface area contributed by atoms with Crippen LogP contribution in [-0.2, 0) is 9.59 Å². The van der Waals surface area contributed by atoms with Crippen LogP contribution in [0.5, 0.6) is 5.75 Å². The number of carbonyl (C=O) groups excluding carboxylic acids is 3. The van der Waals surface area contributed by atoms with Crippen molar-refractivity contribution < 1.29 is 19.1 Å². The monoisotopic (exact) mass is 682 g/mol.